The first-order valence-electron chi connectivity index (χ1n) is 10.3. The summed E-state index contributed by atoms with van der Waals surface area (Å²) in [5.41, 5.74) is 0.656. The maximum atomic E-state index is 13.5. The van der Waals surface area contributed by atoms with E-state index in [4.69, 9.17) is 5.14 Å². The van der Waals surface area contributed by atoms with E-state index >= 15 is 0 Å². The number of benzene rings is 3. The van der Waals surface area contributed by atoms with Gasteiger partial charge < -0.3 is 0 Å². The normalized spacial score (nSPS) is 16.8. The Morgan fingerprint density at radius 2 is 1.43 bits per heavy atom. The van der Waals surface area contributed by atoms with Crippen molar-refractivity contribution < 1.29 is 30.8 Å². The average molecular weight is 518 g/mol. The van der Waals surface area contributed by atoms with Crippen molar-refractivity contribution in [2.75, 3.05) is 4.90 Å². The Morgan fingerprint density at radius 1 is 0.857 bits per heavy atom. The van der Waals surface area contributed by atoms with Gasteiger partial charge in [-0.05, 0) is 54.1 Å². The van der Waals surface area contributed by atoms with Crippen molar-refractivity contribution in [1.29, 1.82) is 0 Å². The molecule has 1 aliphatic heterocycles. The third-order valence-electron chi connectivity index (χ3n) is 5.50. The van der Waals surface area contributed by atoms with E-state index < -0.39 is 50.1 Å². The molecule has 1 saturated heterocycles. The summed E-state index contributed by atoms with van der Waals surface area (Å²) in [7, 11) is -8.30. The minimum Gasteiger partial charge on any atom is -0.274 e. The Labute approximate surface area is 201 Å². The number of anilines is 1. The van der Waals surface area contributed by atoms with Crippen LogP contribution in [-0.4, -0.2) is 39.0 Å². The van der Waals surface area contributed by atoms with Crippen molar-refractivity contribution in [1.82, 2.24) is 4.31 Å². The van der Waals surface area contributed by atoms with Gasteiger partial charge in [0, 0.05) is 6.54 Å². The number of primary sulfonamides is 1. The molecular weight excluding hydrogens is 497 g/mol. The fourth-order valence-electron chi connectivity index (χ4n) is 3.77. The van der Waals surface area contributed by atoms with E-state index in [1.807, 2.05) is 0 Å². The molecule has 12 heteroatoms. The number of sulfonamides is 2. The number of carbonyl (C=O) groups is 2. The highest BCUT2D eigenvalue weighted by Crippen LogP contribution is 2.31. The number of nitrogens with zero attached hydrogens (tertiary/aromatic N) is 2. The van der Waals surface area contributed by atoms with Crippen molar-refractivity contribution in [2.24, 2.45) is 5.14 Å². The summed E-state index contributed by atoms with van der Waals surface area (Å²) in [5.74, 6) is -2.07. The molecule has 0 radical (unpaired) electrons. The smallest absolute Gasteiger partial charge is 0.252 e. The first-order valence-corrected chi connectivity index (χ1v) is 13.3. The summed E-state index contributed by atoms with van der Waals surface area (Å²) in [5, 5.41) is 5.09. The summed E-state index contributed by atoms with van der Waals surface area (Å²) in [4.78, 5) is 26.6. The van der Waals surface area contributed by atoms with Gasteiger partial charge in [0.2, 0.25) is 26.0 Å². The fourth-order valence-corrected chi connectivity index (χ4v) is 5.85. The average Bonchev–Trinajstić information content (AvgIpc) is 3.11. The number of amides is 2. The van der Waals surface area contributed by atoms with Gasteiger partial charge in [0.1, 0.15) is 11.9 Å². The Kier molecular flexibility index (Phi) is 6.56. The van der Waals surface area contributed by atoms with Crippen LogP contribution < -0.4 is 10.0 Å². The van der Waals surface area contributed by atoms with E-state index in [0.717, 1.165) is 45.6 Å². The minimum absolute atomic E-state index is 0.0775. The first-order chi connectivity index (χ1) is 16.5. The molecule has 182 valence electrons. The summed E-state index contributed by atoms with van der Waals surface area (Å²) < 4.78 is 64.4. The number of carbonyl (C=O) groups excluding carboxylic acids is 2. The van der Waals surface area contributed by atoms with Gasteiger partial charge in [-0.1, -0.05) is 30.3 Å². The van der Waals surface area contributed by atoms with Gasteiger partial charge in [-0.3, -0.25) is 9.59 Å². The van der Waals surface area contributed by atoms with Crippen LogP contribution in [0.3, 0.4) is 0 Å². The van der Waals surface area contributed by atoms with Gasteiger partial charge in [0.25, 0.3) is 5.91 Å². The summed E-state index contributed by atoms with van der Waals surface area (Å²) in [6.07, 6.45) is -0.428. The SMILES string of the molecule is NS(=O)(=O)c1ccc(N2C(=O)CC(N(Cc3ccccc3)S(=O)(=O)c3ccc(F)cc3)C2=O)cc1. The Balaban J connectivity index is 1.73. The zero-order valence-corrected chi connectivity index (χ0v) is 19.7. The predicted molar refractivity (Wildman–Crippen MR) is 124 cm³/mol. The molecule has 9 nitrogen and oxygen atoms in total. The topological polar surface area (TPSA) is 135 Å². The molecule has 1 unspecified atom stereocenters. The largest absolute Gasteiger partial charge is 0.274 e. The monoisotopic (exact) mass is 517 g/mol. The van der Waals surface area contributed by atoms with E-state index in [1.54, 1.807) is 30.3 Å². The zero-order chi connectivity index (χ0) is 25.4. The van der Waals surface area contributed by atoms with Crippen molar-refractivity contribution in [3.63, 3.8) is 0 Å². The van der Waals surface area contributed by atoms with Gasteiger partial charge in [0.05, 0.1) is 21.9 Å². The predicted octanol–water partition coefficient (Wildman–Crippen LogP) is 2.00. The Hall–Kier alpha value is -3.45. The van der Waals surface area contributed by atoms with Crippen LogP contribution in [0.4, 0.5) is 10.1 Å². The highest BCUT2D eigenvalue weighted by Gasteiger charge is 2.47. The van der Waals surface area contributed by atoms with Gasteiger partial charge >= 0.3 is 0 Å². The highest BCUT2D eigenvalue weighted by atomic mass is 32.2. The zero-order valence-electron chi connectivity index (χ0n) is 18.1. The standard InChI is InChI=1S/C23H20FN3O6S2/c24-17-6-10-20(11-7-17)35(32,33)26(15-16-4-2-1-3-5-16)21-14-22(28)27(23(21)29)18-8-12-19(13-9-18)34(25,30)31/h1-13,21H,14-15H2,(H2,25,30,31). The molecule has 0 bridgehead atoms. The van der Waals surface area contributed by atoms with Gasteiger partial charge in [0.15, 0.2) is 0 Å². The number of hydrogen-bond acceptors (Lipinski definition) is 6. The van der Waals surface area contributed by atoms with Crippen LogP contribution in [0.25, 0.3) is 0 Å². The lowest BCUT2D eigenvalue weighted by molar-refractivity contribution is -0.122. The number of rotatable bonds is 7. The molecule has 3 aromatic rings. The second-order valence-electron chi connectivity index (χ2n) is 7.82. The lowest BCUT2D eigenvalue weighted by Crippen LogP contribution is -2.45. The number of halogens is 1. The molecule has 0 aliphatic carbocycles. The van der Waals surface area contributed by atoms with Crippen molar-refractivity contribution in [3.05, 3.63) is 90.2 Å². The molecule has 2 amide bonds. The summed E-state index contributed by atoms with van der Waals surface area (Å²) >= 11 is 0. The van der Waals surface area contributed by atoms with Crippen LogP contribution in [-0.2, 0) is 36.2 Å². The maximum Gasteiger partial charge on any atom is 0.252 e. The minimum atomic E-state index is -4.32. The molecule has 35 heavy (non-hydrogen) atoms. The van der Waals surface area contributed by atoms with Crippen molar-refractivity contribution >= 4 is 37.5 Å². The van der Waals surface area contributed by atoms with Gasteiger partial charge in [-0.25, -0.2) is 31.3 Å². The third-order valence-corrected chi connectivity index (χ3v) is 8.29. The molecule has 3 aromatic carbocycles. The number of nitrogens with two attached hydrogens (primary N) is 1. The first kappa shape index (κ1) is 24.7. The summed E-state index contributed by atoms with van der Waals surface area (Å²) in [6, 6.07) is 16.1. The van der Waals surface area contributed by atoms with E-state index in [0.29, 0.717) is 5.56 Å². The molecule has 0 spiro atoms. The van der Waals surface area contributed by atoms with Crippen LogP contribution in [0.2, 0.25) is 0 Å². The molecule has 0 aromatic heterocycles. The van der Waals surface area contributed by atoms with E-state index in [-0.39, 0.29) is 22.0 Å². The molecular formula is C23H20FN3O6S2. The molecule has 4 rings (SSSR count). The van der Waals surface area contributed by atoms with Gasteiger partial charge in [-0.15, -0.1) is 0 Å². The number of hydrogen-bond donors (Lipinski definition) is 1. The lowest BCUT2D eigenvalue weighted by atomic mass is 10.2. The quantitative estimate of drug-likeness (QED) is 0.476. The summed E-state index contributed by atoms with van der Waals surface area (Å²) in [6.45, 7) is -0.206. The van der Waals surface area contributed by atoms with Crippen LogP contribution >= 0.6 is 0 Å². The second kappa shape index (κ2) is 9.30. The van der Waals surface area contributed by atoms with Crippen molar-refractivity contribution in [3.8, 4) is 0 Å². The van der Waals surface area contributed by atoms with Crippen LogP contribution in [0, 0.1) is 5.82 Å². The van der Waals surface area contributed by atoms with E-state index in [2.05, 4.69) is 0 Å². The highest BCUT2D eigenvalue weighted by molar-refractivity contribution is 7.89. The molecule has 1 atom stereocenters. The Morgan fingerprint density at radius 3 is 2.00 bits per heavy atom. The molecule has 0 saturated carbocycles. The fraction of sp³-hybridized carbons (Fsp3) is 0.130. The van der Waals surface area contributed by atoms with Crippen molar-refractivity contribution in [2.45, 2.75) is 28.8 Å². The Bertz CT molecular complexity index is 1480. The maximum absolute atomic E-state index is 13.5. The van der Waals surface area contributed by atoms with Crippen LogP contribution in [0.1, 0.15) is 12.0 Å². The third kappa shape index (κ3) is 5.00. The van der Waals surface area contributed by atoms with Gasteiger partial charge in [-0.2, -0.15) is 4.31 Å². The molecule has 1 fully saturated rings. The molecule has 1 heterocycles. The lowest BCUT2D eigenvalue weighted by Gasteiger charge is -2.27. The number of imide groups is 1. The van der Waals surface area contributed by atoms with Crippen LogP contribution in [0.15, 0.2) is 88.7 Å². The van der Waals surface area contributed by atoms with E-state index in [1.165, 1.54) is 12.1 Å². The van der Waals surface area contributed by atoms with E-state index in [9.17, 15) is 30.8 Å². The molecule has 2 N–H and O–H groups in total. The van der Waals surface area contributed by atoms with Crippen LogP contribution in [0.5, 0.6) is 0 Å². The second-order valence-corrected chi connectivity index (χ2v) is 11.3. The molecule has 1 aliphatic rings.